The standard InChI is InChI=1S/C29H33N9O6/c30-26-13-4-5-37(28(13)34-8-32-26)21-14-6-11(7-16(40)17(14)22(41)23(21)42)44-25-18-12(2-1-3-15(18)39)20(24(25)43)38-10-36-19-27(31)33-9-35-29(19)38/h2,4-6,8-11,15-18,20-25,39-43H,1,3,7H2,(H2,30,32,34)(H2,31,33,35)/t11?,15-,16-,17-,18-,20-,21-,22-,23+,24+,25-/m1/s1. The van der Waals surface area contributed by atoms with E-state index >= 15 is 0 Å². The number of anilines is 2. The molecular weight excluding hydrogens is 570 g/mol. The molecule has 0 saturated heterocycles. The molecule has 11 atom stereocenters. The molecule has 9 N–H and O–H groups in total. The quantitative estimate of drug-likeness (QED) is 0.144. The number of nitrogen functional groups attached to an aromatic ring is 2. The topological polar surface area (TPSA) is 237 Å². The third-order valence-electron chi connectivity index (χ3n) is 9.89. The molecule has 4 aromatic rings. The monoisotopic (exact) mass is 603 g/mol. The number of fused-ring (bicyclic) bond motifs is 4. The van der Waals surface area contributed by atoms with Gasteiger partial charge in [-0.05, 0) is 30.1 Å². The lowest BCUT2D eigenvalue weighted by Crippen LogP contribution is -2.43. The first-order valence-corrected chi connectivity index (χ1v) is 14.7. The Kier molecular flexibility index (Phi) is 6.27. The molecule has 8 rings (SSSR count). The van der Waals surface area contributed by atoms with Gasteiger partial charge in [-0.15, -0.1) is 0 Å². The van der Waals surface area contributed by atoms with Crippen LogP contribution in [0.15, 0.2) is 54.5 Å². The first-order valence-electron chi connectivity index (χ1n) is 14.7. The molecule has 4 aromatic heterocycles. The summed E-state index contributed by atoms with van der Waals surface area (Å²) in [6.45, 7) is 0. The van der Waals surface area contributed by atoms with Gasteiger partial charge in [0.15, 0.2) is 11.5 Å². The van der Waals surface area contributed by atoms with Crippen LogP contribution in [0.2, 0.25) is 0 Å². The molecule has 230 valence electrons. The van der Waals surface area contributed by atoms with Crippen molar-refractivity contribution < 1.29 is 30.3 Å². The van der Waals surface area contributed by atoms with Crippen molar-refractivity contribution in [2.24, 2.45) is 11.8 Å². The van der Waals surface area contributed by atoms with Gasteiger partial charge in [0.1, 0.15) is 41.8 Å². The summed E-state index contributed by atoms with van der Waals surface area (Å²) in [5.41, 5.74) is 14.8. The van der Waals surface area contributed by atoms with E-state index in [1.54, 1.807) is 27.7 Å². The van der Waals surface area contributed by atoms with Crippen LogP contribution >= 0.6 is 0 Å². The number of aliphatic hydroxyl groups is 5. The van der Waals surface area contributed by atoms with E-state index in [-0.39, 0.29) is 18.1 Å². The Balaban J connectivity index is 1.16. The highest BCUT2D eigenvalue weighted by Gasteiger charge is 2.55. The lowest BCUT2D eigenvalue weighted by Gasteiger charge is -2.36. The Morgan fingerprint density at radius 2 is 1.52 bits per heavy atom. The van der Waals surface area contributed by atoms with Crippen molar-refractivity contribution >= 4 is 33.8 Å². The van der Waals surface area contributed by atoms with Gasteiger partial charge in [0.25, 0.3) is 0 Å². The Bertz CT molecular complexity index is 1820. The molecule has 0 aromatic carbocycles. The zero-order chi connectivity index (χ0) is 30.4. The predicted molar refractivity (Wildman–Crippen MR) is 155 cm³/mol. The molecule has 2 fully saturated rings. The van der Waals surface area contributed by atoms with E-state index in [4.69, 9.17) is 16.2 Å². The minimum absolute atomic E-state index is 0.125. The van der Waals surface area contributed by atoms with Crippen LogP contribution in [0, 0.1) is 11.8 Å². The average Bonchev–Trinajstić information content (AvgIpc) is 3.74. The lowest BCUT2D eigenvalue weighted by atomic mass is 9.83. The first kappa shape index (κ1) is 27.6. The molecule has 4 aliphatic rings. The number of nitrogens with zero attached hydrogens (tertiary/aromatic N) is 7. The zero-order valence-corrected chi connectivity index (χ0v) is 23.4. The summed E-state index contributed by atoms with van der Waals surface area (Å²) in [6, 6.07) is 0.381. The summed E-state index contributed by atoms with van der Waals surface area (Å²) >= 11 is 0. The largest absolute Gasteiger partial charge is 0.392 e. The van der Waals surface area contributed by atoms with Gasteiger partial charge < -0.3 is 50.9 Å². The van der Waals surface area contributed by atoms with Crippen molar-refractivity contribution in [3.63, 3.8) is 0 Å². The van der Waals surface area contributed by atoms with Crippen LogP contribution in [-0.2, 0) is 4.74 Å². The minimum atomic E-state index is -1.23. The summed E-state index contributed by atoms with van der Waals surface area (Å²) in [6.07, 6.45) is 4.21. The predicted octanol–water partition coefficient (Wildman–Crippen LogP) is -0.614. The number of aromatic nitrogens is 7. The third kappa shape index (κ3) is 3.87. The van der Waals surface area contributed by atoms with E-state index in [9.17, 15) is 25.5 Å². The maximum absolute atomic E-state index is 11.8. The number of allylic oxidation sites excluding steroid dienone is 1. The second-order valence-corrected chi connectivity index (χ2v) is 12.2. The van der Waals surface area contributed by atoms with Gasteiger partial charge in [0.2, 0.25) is 0 Å². The average molecular weight is 604 g/mol. The van der Waals surface area contributed by atoms with Crippen LogP contribution in [0.4, 0.5) is 11.6 Å². The van der Waals surface area contributed by atoms with Crippen LogP contribution in [0.1, 0.15) is 31.3 Å². The Labute approximate surface area is 250 Å². The second kappa shape index (κ2) is 10.0. The molecule has 15 heteroatoms. The summed E-state index contributed by atoms with van der Waals surface area (Å²) < 4.78 is 10.1. The molecule has 0 spiro atoms. The Hall–Kier alpha value is -3.99. The van der Waals surface area contributed by atoms with Crippen molar-refractivity contribution in [3.8, 4) is 0 Å². The SMILES string of the molecule is Nc1ncnc2c1ccn2[C@@H]1C2=CC(O[C@H]3[C@@H](O)[C@H](n4cnc5c(N)ncnc54)C4=CCC[C@@H](O)[C@@H]43)C[C@@H](O)[C@@H]2[C@@H](O)[C@H]1O. The molecular formula is C29H33N9O6. The summed E-state index contributed by atoms with van der Waals surface area (Å²) in [7, 11) is 0. The Morgan fingerprint density at radius 3 is 2.34 bits per heavy atom. The summed E-state index contributed by atoms with van der Waals surface area (Å²) in [5, 5.41) is 57.1. The van der Waals surface area contributed by atoms with Crippen LogP contribution in [-0.4, -0.2) is 102 Å². The van der Waals surface area contributed by atoms with Crippen LogP contribution in [0.5, 0.6) is 0 Å². The van der Waals surface area contributed by atoms with Crippen molar-refractivity contribution in [2.45, 2.75) is 74.1 Å². The number of rotatable bonds is 4. The highest BCUT2D eigenvalue weighted by atomic mass is 16.5. The van der Waals surface area contributed by atoms with Crippen LogP contribution < -0.4 is 11.5 Å². The van der Waals surface area contributed by atoms with E-state index in [0.29, 0.717) is 40.6 Å². The van der Waals surface area contributed by atoms with Crippen molar-refractivity contribution in [1.82, 2.24) is 34.1 Å². The summed E-state index contributed by atoms with van der Waals surface area (Å²) in [5.74, 6) is -0.736. The van der Waals surface area contributed by atoms with Crippen molar-refractivity contribution in [1.29, 1.82) is 0 Å². The molecule has 0 radical (unpaired) electrons. The van der Waals surface area contributed by atoms with Gasteiger partial charge in [-0.1, -0.05) is 12.2 Å². The molecule has 4 aliphatic carbocycles. The van der Waals surface area contributed by atoms with Gasteiger partial charge in [-0.25, -0.2) is 24.9 Å². The molecule has 4 heterocycles. The number of hydrogen-bond donors (Lipinski definition) is 7. The number of hydrogen-bond acceptors (Lipinski definition) is 13. The smallest absolute Gasteiger partial charge is 0.166 e. The maximum Gasteiger partial charge on any atom is 0.166 e. The molecule has 15 nitrogen and oxygen atoms in total. The number of aliphatic hydroxyl groups excluding tert-OH is 5. The number of nitrogens with two attached hydrogens (primary N) is 2. The highest BCUT2D eigenvalue weighted by molar-refractivity contribution is 5.86. The first-order chi connectivity index (χ1) is 21.2. The Morgan fingerprint density at radius 1 is 0.773 bits per heavy atom. The van der Waals surface area contributed by atoms with Gasteiger partial charge >= 0.3 is 0 Å². The molecule has 2 saturated carbocycles. The van der Waals surface area contributed by atoms with E-state index in [2.05, 4.69) is 24.9 Å². The molecule has 0 aliphatic heterocycles. The summed E-state index contributed by atoms with van der Waals surface area (Å²) in [4.78, 5) is 21.1. The van der Waals surface area contributed by atoms with E-state index < -0.39 is 66.6 Å². The fourth-order valence-electron chi connectivity index (χ4n) is 7.99. The lowest BCUT2D eigenvalue weighted by molar-refractivity contribution is -0.108. The van der Waals surface area contributed by atoms with Crippen molar-refractivity contribution in [3.05, 3.63) is 54.5 Å². The molecule has 0 bridgehead atoms. The van der Waals surface area contributed by atoms with Crippen LogP contribution in [0.3, 0.4) is 0 Å². The molecule has 0 amide bonds. The van der Waals surface area contributed by atoms with Gasteiger partial charge in [0.05, 0.1) is 54.3 Å². The van der Waals surface area contributed by atoms with E-state index in [0.717, 1.165) is 5.57 Å². The highest BCUT2D eigenvalue weighted by Crippen LogP contribution is 2.50. The van der Waals surface area contributed by atoms with Gasteiger partial charge in [0, 0.05) is 24.5 Å². The second-order valence-electron chi connectivity index (χ2n) is 12.2. The van der Waals surface area contributed by atoms with Gasteiger partial charge in [-0.3, -0.25) is 0 Å². The zero-order valence-electron chi connectivity index (χ0n) is 23.4. The maximum atomic E-state index is 11.8. The number of ether oxygens (including phenoxy) is 1. The normalized spacial score (nSPS) is 36.8. The fourth-order valence-corrected chi connectivity index (χ4v) is 7.99. The van der Waals surface area contributed by atoms with E-state index in [1.165, 1.54) is 12.7 Å². The fraction of sp³-hybridized carbons (Fsp3) is 0.483. The third-order valence-corrected chi connectivity index (χ3v) is 9.89. The number of imidazole rings is 1. The molecule has 1 unspecified atom stereocenters. The van der Waals surface area contributed by atoms with Crippen molar-refractivity contribution in [2.75, 3.05) is 11.5 Å². The van der Waals surface area contributed by atoms with E-state index in [1.807, 2.05) is 12.2 Å². The minimum Gasteiger partial charge on any atom is -0.392 e. The van der Waals surface area contributed by atoms with Gasteiger partial charge in [-0.2, -0.15) is 0 Å². The van der Waals surface area contributed by atoms with Crippen LogP contribution in [0.25, 0.3) is 22.2 Å². The molecule has 44 heavy (non-hydrogen) atoms.